The van der Waals surface area contributed by atoms with Crippen LogP contribution in [0, 0.1) is 6.92 Å². The number of hydrogen-bond acceptors (Lipinski definition) is 4. The average Bonchev–Trinajstić information content (AvgIpc) is 2.44. The number of primary amides is 1. The molecule has 0 aromatic heterocycles. The number of aryl methyl sites for hydroxylation is 1. The number of benzene rings is 1. The Morgan fingerprint density at radius 1 is 1.27 bits per heavy atom. The van der Waals surface area contributed by atoms with Crippen LogP contribution >= 0.6 is 0 Å². The van der Waals surface area contributed by atoms with Crippen molar-refractivity contribution in [2.24, 2.45) is 22.2 Å². The predicted molar refractivity (Wildman–Crippen MR) is 86.0 cm³/mol. The molecule has 0 heterocycles. The van der Waals surface area contributed by atoms with Crippen LogP contribution < -0.4 is 28.3 Å². The predicted octanol–water partition coefficient (Wildman–Crippen LogP) is -0.785. The fraction of sp³-hybridized carbons (Fsp3) is 0.357. The zero-order valence-electron chi connectivity index (χ0n) is 12.5. The fourth-order valence-electron chi connectivity index (χ4n) is 1.91. The summed E-state index contributed by atoms with van der Waals surface area (Å²) >= 11 is 0. The molecular formula is C14H22N6O2. The lowest BCUT2D eigenvalue weighted by molar-refractivity contribution is -0.120. The largest absolute Gasteiger partial charge is 0.399 e. The van der Waals surface area contributed by atoms with Gasteiger partial charge >= 0.3 is 0 Å². The minimum Gasteiger partial charge on any atom is -0.399 e. The van der Waals surface area contributed by atoms with E-state index in [1.807, 2.05) is 0 Å². The maximum absolute atomic E-state index is 12.2. The van der Waals surface area contributed by atoms with E-state index in [1.165, 1.54) is 0 Å². The lowest BCUT2D eigenvalue weighted by Crippen LogP contribution is -2.44. The zero-order chi connectivity index (χ0) is 16.7. The van der Waals surface area contributed by atoms with Crippen LogP contribution in [0.25, 0.3) is 0 Å². The number of carbonyl (C=O) groups is 2. The SMILES string of the molecule is Cc1ccc(N)cc1C(=O)N[C@@H](CCCN=C(N)N)C(N)=O. The van der Waals surface area contributed by atoms with Gasteiger partial charge in [-0.3, -0.25) is 14.6 Å². The van der Waals surface area contributed by atoms with Crippen molar-refractivity contribution >= 4 is 23.5 Å². The molecule has 2 amide bonds. The van der Waals surface area contributed by atoms with E-state index in [0.29, 0.717) is 30.6 Å². The van der Waals surface area contributed by atoms with Gasteiger partial charge in [0.15, 0.2) is 5.96 Å². The number of amides is 2. The van der Waals surface area contributed by atoms with Crippen LogP contribution in [0.15, 0.2) is 23.2 Å². The van der Waals surface area contributed by atoms with Crippen LogP contribution in [-0.2, 0) is 4.79 Å². The average molecular weight is 306 g/mol. The number of nitrogens with one attached hydrogen (secondary N) is 1. The monoisotopic (exact) mass is 306 g/mol. The van der Waals surface area contributed by atoms with E-state index >= 15 is 0 Å². The summed E-state index contributed by atoms with van der Waals surface area (Å²) in [7, 11) is 0. The van der Waals surface area contributed by atoms with Crippen molar-refractivity contribution in [3.63, 3.8) is 0 Å². The summed E-state index contributed by atoms with van der Waals surface area (Å²) in [6, 6.07) is 4.21. The Bertz CT molecular complexity index is 581. The Balaban J connectivity index is 2.70. The smallest absolute Gasteiger partial charge is 0.252 e. The summed E-state index contributed by atoms with van der Waals surface area (Å²) in [5.74, 6) is -1.02. The summed E-state index contributed by atoms with van der Waals surface area (Å²) in [6.07, 6.45) is 0.862. The highest BCUT2D eigenvalue weighted by Gasteiger charge is 2.19. The number of hydrogen-bond donors (Lipinski definition) is 5. The van der Waals surface area contributed by atoms with Crippen LogP contribution in [0.2, 0.25) is 0 Å². The molecule has 0 aliphatic rings. The molecule has 1 aromatic carbocycles. The van der Waals surface area contributed by atoms with E-state index in [4.69, 9.17) is 22.9 Å². The third-order valence-electron chi connectivity index (χ3n) is 3.10. The Labute approximate surface area is 128 Å². The van der Waals surface area contributed by atoms with Gasteiger partial charge in [-0.15, -0.1) is 0 Å². The number of rotatable bonds is 7. The van der Waals surface area contributed by atoms with Gasteiger partial charge in [-0.2, -0.15) is 0 Å². The lowest BCUT2D eigenvalue weighted by atomic mass is 10.1. The van der Waals surface area contributed by atoms with Crippen molar-refractivity contribution in [3.05, 3.63) is 29.3 Å². The molecule has 0 saturated heterocycles. The molecule has 120 valence electrons. The molecule has 8 nitrogen and oxygen atoms in total. The third-order valence-corrected chi connectivity index (χ3v) is 3.10. The number of guanidine groups is 1. The second-order valence-electron chi connectivity index (χ2n) is 4.95. The third kappa shape index (κ3) is 5.31. The molecule has 0 aliphatic carbocycles. The highest BCUT2D eigenvalue weighted by atomic mass is 16.2. The van der Waals surface area contributed by atoms with E-state index in [0.717, 1.165) is 5.56 Å². The van der Waals surface area contributed by atoms with Gasteiger partial charge in [0, 0.05) is 17.8 Å². The molecule has 0 aliphatic heterocycles. The van der Waals surface area contributed by atoms with Crippen molar-refractivity contribution in [1.29, 1.82) is 0 Å². The number of carbonyl (C=O) groups excluding carboxylic acids is 2. The number of nitrogens with zero attached hydrogens (tertiary/aromatic N) is 1. The van der Waals surface area contributed by atoms with Crippen LogP contribution in [0.1, 0.15) is 28.8 Å². The maximum atomic E-state index is 12.2. The van der Waals surface area contributed by atoms with E-state index in [1.54, 1.807) is 25.1 Å². The molecule has 0 fully saturated rings. The Morgan fingerprint density at radius 2 is 1.95 bits per heavy atom. The minimum atomic E-state index is -0.789. The molecule has 9 N–H and O–H groups in total. The normalized spacial score (nSPS) is 11.5. The van der Waals surface area contributed by atoms with Crippen molar-refractivity contribution < 1.29 is 9.59 Å². The van der Waals surface area contributed by atoms with Gasteiger partial charge in [0.1, 0.15) is 6.04 Å². The van der Waals surface area contributed by atoms with E-state index in [-0.39, 0.29) is 5.96 Å². The van der Waals surface area contributed by atoms with Crippen molar-refractivity contribution in [3.8, 4) is 0 Å². The van der Waals surface area contributed by atoms with E-state index < -0.39 is 17.9 Å². The summed E-state index contributed by atoms with van der Waals surface area (Å²) < 4.78 is 0. The first-order chi connectivity index (χ1) is 10.3. The summed E-state index contributed by atoms with van der Waals surface area (Å²) in [6.45, 7) is 2.14. The van der Waals surface area contributed by atoms with Crippen molar-refractivity contribution in [1.82, 2.24) is 5.32 Å². The molecule has 0 saturated carbocycles. The minimum absolute atomic E-state index is 0.0185. The Morgan fingerprint density at radius 3 is 2.55 bits per heavy atom. The van der Waals surface area contributed by atoms with Gasteiger partial charge in [-0.1, -0.05) is 6.07 Å². The Hall–Kier alpha value is -2.77. The number of aliphatic imine (C=N–C) groups is 1. The molecule has 1 rings (SSSR count). The molecule has 22 heavy (non-hydrogen) atoms. The van der Waals surface area contributed by atoms with Gasteiger partial charge < -0.3 is 28.3 Å². The number of anilines is 1. The lowest BCUT2D eigenvalue weighted by Gasteiger charge is -2.16. The maximum Gasteiger partial charge on any atom is 0.252 e. The first-order valence-electron chi connectivity index (χ1n) is 6.83. The van der Waals surface area contributed by atoms with E-state index in [2.05, 4.69) is 10.3 Å². The van der Waals surface area contributed by atoms with Crippen LogP contribution in [0.4, 0.5) is 5.69 Å². The summed E-state index contributed by atoms with van der Waals surface area (Å²) in [4.78, 5) is 27.5. The highest BCUT2D eigenvalue weighted by Crippen LogP contribution is 2.13. The standard InChI is InChI=1S/C14H22N6O2/c1-8-4-5-9(15)7-10(8)13(22)20-11(12(16)21)3-2-6-19-14(17)18/h4-5,7,11H,2-3,6,15H2,1H3,(H2,16,21)(H,20,22)(H4,17,18,19)/t11-/m0/s1. The number of nitrogen functional groups attached to an aromatic ring is 1. The van der Waals surface area contributed by atoms with Crippen molar-refractivity contribution in [2.45, 2.75) is 25.8 Å². The summed E-state index contributed by atoms with van der Waals surface area (Å²) in [5, 5.41) is 2.61. The quantitative estimate of drug-likeness (QED) is 0.193. The number of nitrogens with two attached hydrogens (primary N) is 4. The van der Waals surface area contributed by atoms with E-state index in [9.17, 15) is 9.59 Å². The molecule has 0 unspecified atom stereocenters. The van der Waals surface area contributed by atoms with Gasteiger partial charge in [-0.05, 0) is 37.5 Å². The molecular weight excluding hydrogens is 284 g/mol. The second-order valence-corrected chi connectivity index (χ2v) is 4.95. The first kappa shape index (κ1) is 17.3. The fourth-order valence-corrected chi connectivity index (χ4v) is 1.91. The summed E-state index contributed by atoms with van der Waals surface area (Å²) in [5.41, 5.74) is 23.0. The Kier molecular flexibility index (Phi) is 6.18. The van der Waals surface area contributed by atoms with Gasteiger partial charge in [0.25, 0.3) is 5.91 Å². The molecule has 0 radical (unpaired) electrons. The second kappa shape index (κ2) is 7.87. The molecule has 8 heteroatoms. The highest BCUT2D eigenvalue weighted by molar-refractivity contribution is 5.99. The van der Waals surface area contributed by atoms with Crippen molar-refractivity contribution in [2.75, 3.05) is 12.3 Å². The van der Waals surface area contributed by atoms with Gasteiger partial charge in [0.2, 0.25) is 5.91 Å². The first-order valence-corrected chi connectivity index (χ1v) is 6.83. The van der Waals surface area contributed by atoms with Gasteiger partial charge in [0.05, 0.1) is 0 Å². The van der Waals surface area contributed by atoms with Crippen LogP contribution in [0.3, 0.4) is 0 Å². The van der Waals surface area contributed by atoms with Crippen LogP contribution in [-0.4, -0.2) is 30.4 Å². The molecule has 1 aromatic rings. The molecule has 1 atom stereocenters. The zero-order valence-corrected chi connectivity index (χ0v) is 12.5. The topological polar surface area (TPSA) is 163 Å². The van der Waals surface area contributed by atoms with Crippen LogP contribution in [0.5, 0.6) is 0 Å². The molecule has 0 spiro atoms. The van der Waals surface area contributed by atoms with Gasteiger partial charge in [-0.25, -0.2) is 0 Å². The molecule has 0 bridgehead atoms.